The highest BCUT2D eigenvalue weighted by atomic mass is 32.2. The molecular weight excluding hydrogens is 372 g/mol. The number of hydrogen-bond acceptors (Lipinski definition) is 5. The van der Waals surface area contributed by atoms with E-state index in [4.69, 9.17) is 5.10 Å². The molecule has 0 bridgehead atoms. The summed E-state index contributed by atoms with van der Waals surface area (Å²) < 4.78 is 3.87. The van der Waals surface area contributed by atoms with E-state index < -0.39 is 0 Å². The minimum atomic E-state index is 0.0735. The summed E-state index contributed by atoms with van der Waals surface area (Å²) in [6, 6.07) is 6.03. The highest BCUT2D eigenvalue weighted by Gasteiger charge is 2.30. The predicted octanol–water partition coefficient (Wildman–Crippen LogP) is 2.75. The summed E-state index contributed by atoms with van der Waals surface area (Å²) in [5.41, 5.74) is 5.91. The van der Waals surface area contributed by atoms with E-state index in [0.29, 0.717) is 13.1 Å². The van der Waals surface area contributed by atoms with Crippen LogP contribution in [0.15, 0.2) is 23.4 Å². The van der Waals surface area contributed by atoms with Gasteiger partial charge in [-0.05, 0) is 31.7 Å². The van der Waals surface area contributed by atoms with Crippen LogP contribution in [0.3, 0.4) is 0 Å². The van der Waals surface area contributed by atoms with Gasteiger partial charge in [0.15, 0.2) is 11.0 Å². The lowest BCUT2D eigenvalue weighted by molar-refractivity contribution is 0.0733. The molecule has 1 aliphatic rings. The molecule has 4 rings (SSSR count). The molecule has 0 saturated carbocycles. The van der Waals surface area contributed by atoms with Crippen LogP contribution in [-0.4, -0.2) is 48.2 Å². The van der Waals surface area contributed by atoms with Crippen molar-refractivity contribution in [3.05, 3.63) is 46.1 Å². The van der Waals surface area contributed by atoms with E-state index >= 15 is 0 Å². The smallest absolute Gasteiger partial charge is 0.254 e. The quantitative estimate of drug-likeness (QED) is 0.637. The molecule has 146 valence electrons. The molecule has 0 atom stereocenters. The molecular formula is C20H24N6OS. The van der Waals surface area contributed by atoms with Crippen LogP contribution in [0, 0.1) is 13.8 Å². The maximum atomic E-state index is 13.2. The van der Waals surface area contributed by atoms with Crippen molar-refractivity contribution in [2.45, 2.75) is 32.0 Å². The summed E-state index contributed by atoms with van der Waals surface area (Å²) >= 11 is 1.55. The van der Waals surface area contributed by atoms with Crippen molar-refractivity contribution in [3.8, 4) is 11.5 Å². The van der Waals surface area contributed by atoms with Gasteiger partial charge in [0.2, 0.25) is 0 Å². The summed E-state index contributed by atoms with van der Waals surface area (Å²) in [6.07, 6.45) is 2.76. The van der Waals surface area contributed by atoms with Crippen molar-refractivity contribution >= 4 is 17.7 Å². The molecule has 0 saturated heterocycles. The fraction of sp³-hybridized carbons (Fsp3) is 0.400. The second-order valence-corrected chi connectivity index (χ2v) is 8.04. The van der Waals surface area contributed by atoms with E-state index in [-0.39, 0.29) is 5.91 Å². The van der Waals surface area contributed by atoms with E-state index in [2.05, 4.69) is 10.2 Å². The molecule has 3 aromatic rings. The Morgan fingerprint density at radius 1 is 1.18 bits per heavy atom. The number of benzene rings is 1. The monoisotopic (exact) mass is 396 g/mol. The van der Waals surface area contributed by atoms with Crippen LogP contribution in [0.5, 0.6) is 0 Å². The minimum absolute atomic E-state index is 0.0735. The van der Waals surface area contributed by atoms with Crippen molar-refractivity contribution in [3.63, 3.8) is 0 Å². The zero-order chi connectivity index (χ0) is 20.0. The Morgan fingerprint density at radius 2 is 1.96 bits per heavy atom. The van der Waals surface area contributed by atoms with Crippen molar-refractivity contribution in [1.29, 1.82) is 0 Å². The van der Waals surface area contributed by atoms with E-state index in [1.807, 2.05) is 66.5 Å². The lowest BCUT2D eigenvalue weighted by Crippen LogP contribution is -2.36. The number of aryl methyl sites for hydroxylation is 3. The first kappa shape index (κ1) is 18.7. The zero-order valence-corrected chi connectivity index (χ0v) is 17.7. The Balaban J connectivity index is 1.71. The highest BCUT2D eigenvalue weighted by molar-refractivity contribution is 7.98. The van der Waals surface area contributed by atoms with Crippen molar-refractivity contribution in [2.24, 2.45) is 14.1 Å². The van der Waals surface area contributed by atoms with Gasteiger partial charge in [-0.2, -0.15) is 5.10 Å². The van der Waals surface area contributed by atoms with Gasteiger partial charge in [0.1, 0.15) is 5.69 Å². The number of aromatic nitrogens is 5. The molecule has 0 spiro atoms. The van der Waals surface area contributed by atoms with E-state index in [1.165, 1.54) is 0 Å². The van der Waals surface area contributed by atoms with Gasteiger partial charge in [0.25, 0.3) is 5.91 Å². The second kappa shape index (κ2) is 7.09. The third kappa shape index (κ3) is 3.01. The van der Waals surface area contributed by atoms with Crippen molar-refractivity contribution < 1.29 is 4.79 Å². The van der Waals surface area contributed by atoms with Crippen LogP contribution in [0.4, 0.5) is 0 Å². The van der Waals surface area contributed by atoms with Crippen LogP contribution in [-0.2, 0) is 27.1 Å². The normalized spacial score (nSPS) is 13.7. The molecule has 8 heteroatoms. The Bertz CT molecular complexity index is 1070. The average Bonchev–Trinajstić information content (AvgIpc) is 3.22. The van der Waals surface area contributed by atoms with Crippen LogP contribution in [0.1, 0.15) is 32.7 Å². The SMILES string of the molecule is CSc1nnc(-c2nn(C)c3c2CN(C(=O)c2cc(C)ccc2C)CC3)n1C. The van der Waals surface area contributed by atoms with Gasteiger partial charge in [-0.25, -0.2) is 0 Å². The maximum Gasteiger partial charge on any atom is 0.254 e. The first-order valence-electron chi connectivity index (χ1n) is 9.25. The summed E-state index contributed by atoms with van der Waals surface area (Å²) in [4.78, 5) is 15.1. The van der Waals surface area contributed by atoms with Gasteiger partial charge >= 0.3 is 0 Å². The van der Waals surface area contributed by atoms with Crippen molar-refractivity contribution in [1.82, 2.24) is 29.4 Å². The molecule has 7 nitrogen and oxygen atoms in total. The number of carbonyl (C=O) groups is 1. The Labute approximate surface area is 168 Å². The van der Waals surface area contributed by atoms with E-state index in [9.17, 15) is 4.79 Å². The molecule has 0 unspecified atom stereocenters. The summed E-state index contributed by atoms with van der Waals surface area (Å²) in [6.45, 7) is 5.22. The number of amides is 1. The maximum absolute atomic E-state index is 13.2. The number of carbonyl (C=O) groups excluding carboxylic acids is 1. The Hall–Kier alpha value is -2.61. The van der Waals surface area contributed by atoms with Crippen LogP contribution < -0.4 is 0 Å². The molecule has 0 fully saturated rings. The molecule has 1 aromatic carbocycles. The van der Waals surface area contributed by atoms with Crippen LogP contribution >= 0.6 is 11.8 Å². The van der Waals surface area contributed by atoms with Gasteiger partial charge in [-0.15, -0.1) is 10.2 Å². The predicted molar refractivity (Wildman–Crippen MR) is 109 cm³/mol. The van der Waals surface area contributed by atoms with E-state index in [1.54, 1.807) is 11.8 Å². The fourth-order valence-electron chi connectivity index (χ4n) is 3.78. The van der Waals surface area contributed by atoms with Crippen molar-refractivity contribution in [2.75, 3.05) is 12.8 Å². The molecule has 0 N–H and O–H groups in total. The third-order valence-corrected chi connectivity index (χ3v) is 6.10. The second-order valence-electron chi connectivity index (χ2n) is 7.26. The fourth-order valence-corrected chi connectivity index (χ4v) is 4.26. The summed E-state index contributed by atoms with van der Waals surface area (Å²) in [7, 11) is 3.90. The van der Waals surface area contributed by atoms with Gasteiger partial charge in [-0.3, -0.25) is 9.48 Å². The first-order valence-corrected chi connectivity index (χ1v) is 10.5. The number of hydrogen-bond donors (Lipinski definition) is 0. The molecule has 1 amide bonds. The zero-order valence-electron chi connectivity index (χ0n) is 16.9. The van der Waals surface area contributed by atoms with Gasteiger partial charge in [0, 0.05) is 43.9 Å². The van der Waals surface area contributed by atoms with Gasteiger partial charge in [0.05, 0.1) is 6.54 Å². The number of thioether (sulfide) groups is 1. The van der Waals surface area contributed by atoms with Crippen LogP contribution in [0.25, 0.3) is 11.5 Å². The molecule has 28 heavy (non-hydrogen) atoms. The number of fused-ring (bicyclic) bond motifs is 1. The third-order valence-electron chi connectivity index (χ3n) is 5.38. The molecule has 1 aliphatic heterocycles. The minimum Gasteiger partial charge on any atom is -0.334 e. The van der Waals surface area contributed by atoms with E-state index in [0.717, 1.165) is 51.0 Å². The highest BCUT2D eigenvalue weighted by Crippen LogP contribution is 2.30. The first-order chi connectivity index (χ1) is 13.4. The molecule has 0 radical (unpaired) electrons. The van der Waals surface area contributed by atoms with Gasteiger partial charge in [-0.1, -0.05) is 29.5 Å². The number of rotatable bonds is 3. The standard InChI is InChI=1S/C20H24N6OS/c1-12-6-7-13(2)14(10-12)19(27)26-9-8-16-15(11-26)17(23-25(16)4)18-21-22-20(28-5)24(18)3/h6-7,10H,8-9,11H2,1-5H3. The lowest BCUT2D eigenvalue weighted by atomic mass is 10.0. The summed E-state index contributed by atoms with van der Waals surface area (Å²) in [5.74, 6) is 0.812. The number of nitrogens with zero attached hydrogens (tertiary/aromatic N) is 6. The average molecular weight is 397 g/mol. The van der Waals surface area contributed by atoms with Crippen LogP contribution in [0.2, 0.25) is 0 Å². The lowest BCUT2D eigenvalue weighted by Gasteiger charge is -2.28. The van der Waals surface area contributed by atoms with Gasteiger partial charge < -0.3 is 9.47 Å². The largest absolute Gasteiger partial charge is 0.334 e. The Kier molecular flexibility index (Phi) is 4.74. The topological polar surface area (TPSA) is 68.8 Å². The Morgan fingerprint density at radius 3 is 2.68 bits per heavy atom. The summed E-state index contributed by atoms with van der Waals surface area (Å²) in [5, 5.41) is 14.1. The molecule has 3 heterocycles. The molecule has 0 aliphatic carbocycles. The molecule has 2 aromatic heterocycles.